The highest BCUT2D eigenvalue weighted by molar-refractivity contribution is 7.89. The highest BCUT2D eigenvalue weighted by Gasteiger charge is 2.25. The molecule has 0 amide bonds. The van der Waals surface area contributed by atoms with Gasteiger partial charge in [-0.15, -0.1) is 0 Å². The summed E-state index contributed by atoms with van der Waals surface area (Å²) in [5, 5.41) is 9.99. The van der Waals surface area contributed by atoms with Crippen LogP contribution in [0.5, 0.6) is 0 Å². The summed E-state index contributed by atoms with van der Waals surface area (Å²) in [6, 6.07) is -0.205. The van der Waals surface area contributed by atoms with Crippen LogP contribution in [0.1, 0.15) is 37.9 Å². The first-order chi connectivity index (χ1) is 9.92. The standard InChI is InChI=1S/C13H26N4O3S/c1-5-7-14-9-12-11(3)15-16-13(12)21(18,19)17-10(2)6-8-20-4/h10,14,17H,5-9H2,1-4H3,(H,15,16). The van der Waals surface area contributed by atoms with Gasteiger partial charge in [0, 0.05) is 37.6 Å². The molecule has 1 rings (SSSR count). The van der Waals surface area contributed by atoms with Gasteiger partial charge in [0.2, 0.25) is 0 Å². The number of hydrogen-bond acceptors (Lipinski definition) is 5. The van der Waals surface area contributed by atoms with E-state index in [1.165, 1.54) is 0 Å². The Morgan fingerprint density at radius 3 is 2.76 bits per heavy atom. The Morgan fingerprint density at radius 1 is 1.43 bits per heavy atom. The minimum atomic E-state index is -3.62. The van der Waals surface area contributed by atoms with E-state index >= 15 is 0 Å². The van der Waals surface area contributed by atoms with Gasteiger partial charge in [-0.05, 0) is 33.2 Å². The van der Waals surface area contributed by atoms with Gasteiger partial charge in [0.05, 0.1) is 0 Å². The van der Waals surface area contributed by atoms with E-state index in [2.05, 4.69) is 27.2 Å². The predicted octanol–water partition coefficient (Wildman–Crippen LogP) is 0.921. The Labute approximate surface area is 126 Å². The lowest BCUT2D eigenvalue weighted by atomic mass is 10.2. The van der Waals surface area contributed by atoms with Gasteiger partial charge in [-0.2, -0.15) is 5.10 Å². The van der Waals surface area contributed by atoms with Crippen LogP contribution in [0.15, 0.2) is 5.03 Å². The SMILES string of the molecule is CCCNCc1c(S(=O)(=O)NC(C)CCOC)n[nH]c1C. The van der Waals surface area contributed by atoms with Gasteiger partial charge in [-0.3, -0.25) is 5.10 Å². The Kier molecular flexibility index (Phi) is 7.30. The molecular weight excluding hydrogens is 292 g/mol. The molecule has 122 valence electrons. The van der Waals surface area contributed by atoms with Crippen molar-refractivity contribution in [1.29, 1.82) is 0 Å². The molecule has 0 aromatic carbocycles. The zero-order valence-corrected chi connectivity index (χ0v) is 14.0. The monoisotopic (exact) mass is 318 g/mol. The fourth-order valence-electron chi connectivity index (χ4n) is 1.92. The van der Waals surface area contributed by atoms with Gasteiger partial charge in [-0.25, -0.2) is 13.1 Å². The van der Waals surface area contributed by atoms with Crippen LogP contribution in [-0.2, 0) is 21.3 Å². The molecule has 3 N–H and O–H groups in total. The Balaban J connectivity index is 2.82. The molecule has 0 aliphatic rings. The number of nitrogens with zero attached hydrogens (tertiary/aromatic N) is 1. The molecule has 7 nitrogen and oxygen atoms in total. The summed E-state index contributed by atoms with van der Waals surface area (Å²) in [5.74, 6) is 0. The van der Waals surface area contributed by atoms with Crippen molar-refractivity contribution < 1.29 is 13.2 Å². The van der Waals surface area contributed by atoms with Crippen molar-refractivity contribution in [3.8, 4) is 0 Å². The van der Waals surface area contributed by atoms with Crippen molar-refractivity contribution in [2.45, 2.75) is 51.2 Å². The molecule has 8 heteroatoms. The molecule has 21 heavy (non-hydrogen) atoms. The average Bonchev–Trinajstić information content (AvgIpc) is 2.78. The lowest BCUT2D eigenvalue weighted by Crippen LogP contribution is -2.34. The van der Waals surface area contributed by atoms with Crippen LogP contribution in [0, 0.1) is 6.92 Å². The van der Waals surface area contributed by atoms with E-state index < -0.39 is 10.0 Å². The summed E-state index contributed by atoms with van der Waals surface area (Å²) < 4.78 is 32.4. The number of nitrogens with one attached hydrogen (secondary N) is 3. The van der Waals surface area contributed by atoms with E-state index in [1.54, 1.807) is 7.11 Å². The Hall–Kier alpha value is -0.960. The molecule has 1 heterocycles. The van der Waals surface area contributed by atoms with Gasteiger partial charge < -0.3 is 10.1 Å². The van der Waals surface area contributed by atoms with Crippen molar-refractivity contribution in [1.82, 2.24) is 20.2 Å². The molecule has 0 aliphatic heterocycles. The third-order valence-electron chi connectivity index (χ3n) is 3.13. The maximum atomic E-state index is 12.4. The normalized spacial score (nSPS) is 13.5. The summed E-state index contributed by atoms with van der Waals surface area (Å²) in [4.78, 5) is 0. The number of aryl methyl sites for hydroxylation is 1. The number of sulfonamides is 1. The van der Waals surface area contributed by atoms with Crippen molar-refractivity contribution in [2.75, 3.05) is 20.3 Å². The molecule has 0 saturated carbocycles. The van der Waals surface area contributed by atoms with Crippen LogP contribution in [0.3, 0.4) is 0 Å². The second-order valence-electron chi connectivity index (χ2n) is 5.11. The molecule has 1 unspecified atom stereocenters. The van der Waals surface area contributed by atoms with Crippen LogP contribution in [0.25, 0.3) is 0 Å². The molecule has 0 radical (unpaired) electrons. The highest BCUT2D eigenvalue weighted by atomic mass is 32.2. The number of aromatic amines is 1. The molecule has 0 aliphatic carbocycles. The molecule has 0 bridgehead atoms. The van der Waals surface area contributed by atoms with E-state index in [0.717, 1.165) is 18.7 Å². The number of hydrogen-bond donors (Lipinski definition) is 3. The topological polar surface area (TPSA) is 96.1 Å². The van der Waals surface area contributed by atoms with Crippen LogP contribution >= 0.6 is 0 Å². The van der Waals surface area contributed by atoms with Crippen molar-refractivity contribution in [3.63, 3.8) is 0 Å². The van der Waals surface area contributed by atoms with Crippen molar-refractivity contribution >= 4 is 10.0 Å². The first-order valence-corrected chi connectivity index (χ1v) is 8.66. The van der Waals surface area contributed by atoms with E-state index in [1.807, 2.05) is 13.8 Å². The molecule has 0 spiro atoms. The maximum Gasteiger partial charge on any atom is 0.260 e. The number of aromatic nitrogens is 2. The number of rotatable bonds is 10. The van der Waals surface area contributed by atoms with Crippen LogP contribution in [-0.4, -0.2) is 44.9 Å². The van der Waals surface area contributed by atoms with Crippen molar-refractivity contribution in [2.24, 2.45) is 0 Å². The van der Waals surface area contributed by atoms with Crippen LogP contribution < -0.4 is 10.0 Å². The van der Waals surface area contributed by atoms with Crippen LogP contribution in [0.4, 0.5) is 0 Å². The van der Waals surface area contributed by atoms with E-state index in [0.29, 0.717) is 25.1 Å². The van der Waals surface area contributed by atoms with E-state index in [-0.39, 0.29) is 11.1 Å². The molecular formula is C13H26N4O3S. The summed E-state index contributed by atoms with van der Waals surface area (Å²) in [6.07, 6.45) is 1.60. The molecule has 1 aromatic heterocycles. The Bertz CT molecular complexity index is 528. The molecule has 1 aromatic rings. The van der Waals surface area contributed by atoms with E-state index in [9.17, 15) is 8.42 Å². The average molecular weight is 318 g/mol. The number of H-pyrrole nitrogens is 1. The lowest BCUT2D eigenvalue weighted by Gasteiger charge is -2.13. The van der Waals surface area contributed by atoms with Gasteiger partial charge >= 0.3 is 0 Å². The summed E-state index contributed by atoms with van der Waals surface area (Å²) in [7, 11) is -2.03. The second-order valence-corrected chi connectivity index (χ2v) is 6.74. The smallest absolute Gasteiger partial charge is 0.260 e. The third kappa shape index (κ3) is 5.39. The molecule has 0 fully saturated rings. The zero-order valence-electron chi connectivity index (χ0n) is 13.2. The maximum absolute atomic E-state index is 12.4. The number of methoxy groups -OCH3 is 1. The molecule has 1 atom stereocenters. The van der Waals surface area contributed by atoms with Crippen LogP contribution in [0.2, 0.25) is 0 Å². The predicted molar refractivity (Wildman–Crippen MR) is 81.6 cm³/mol. The largest absolute Gasteiger partial charge is 0.385 e. The first kappa shape index (κ1) is 18.1. The fourth-order valence-corrected chi connectivity index (χ4v) is 3.40. The summed E-state index contributed by atoms with van der Waals surface area (Å²) >= 11 is 0. The van der Waals surface area contributed by atoms with Crippen molar-refractivity contribution in [3.05, 3.63) is 11.3 Å². The zero-order chi connectivity index (χ0) is 15.9. The second kappa shape index (κ2) is 8.47. The van der Waals surface area contributed by atoms with Gasteiger partial charge in [-0.1, -0.05) is 6.92 Å². The fraction of sp³-hybridized carbons (Fsp3) is 0.769. The third-order valence-corrected chi connectivity index (χ3v) is 4.69. The number of ether oxygens (including phenoxy) is 1. The highest BCUT2D eigenvalue weighted by Crippen LogP contribution is 2.16. The van der Waals surface area contributed by atoms with Gasteiger partial charge in [0.25, 0.3) is 10.0 Å². The minimum Gasteiger partial charge on any atom is -0.385 e. The Morgan fingerprint density at radius 2 is 2.14 bits per heavy atom. The quantitative estimate of drug-likeness (QED) is 0.558. The first-order valence-electron chi connectivity index (χ1n) is 7.18. The van der Waals surface area contributed by atoms with Gasteiger partial charge in [0.1, 0.15) is 0 Å². The van der Waals surface area contributed by atoms with Gasteiger partial charge in [0.15, 0.2) is 5.03 Å². The molecule has 0 saturated heterocycles. The summed E-state index contributed by atoms with van der Waals surface area (Å²) in [6.45, 7) is 7.52. The lowest BCUT2D eigenvalue weighted by molar-refractivity contribution is 0.188. The summed E-state index contributed by atoms with van der Waals surface area (Å²) in [5.41, 5.74) is 1.46. The van der Waals surface area contributed by atoms with E-state index in [4.69, 9.17) is 4.74 Å². The minimum absolute atomic E-state index is 0.0767.